The zero-order chi connectivity index (χ0) is 16.1. The van der Waals surface area contributed by atoms with Crippen LogP contribution in [-0.4, -0.2) is 34.9 Å². The molecule has 0 saturated carbocycles. The molecule has 2 amide bonds. The molecule has 118 valence electrons. The summed E-state index contributed by atoms with van der Waals surface area (Å²) < 4.78 is 0. The van der Waals surface area contributed by atoms with E-state index in [4.69, 9.17) is 12.2 Å². The van der Waals surface area contributed by atoms with Gasteiger partial charge in [-0.1, -0.05) is 6.92 Å². The smallest absolute Gasteiger partial charge is 0.253 e. The molecule has 0 bridgehead atoms. The molecule has 0 aromatic heterocycles. The fourth-order valence-corrected chi connectivity index (χ4v) is 2.67. The first-order valence-electron chi connectivity index (χ1n) is 7.43. The number of nitrogens with zero attached hydrogens (tertiary/aromatic N) is 1. The lowest BCUT2D eigenvalue weighted by Crippen LogP contribution is -2.37. The quantitative estimate of drug-likeness (QED) is 0.822. The van der Waals surface area contributed by atoms with E-state index in [9.17, 15) is 9.59 Å². The fraction of sp³-hybridized carbons (Fsp3) is 0.438. The first-order valence-corrected chi connectivity index (χ1v) is 7.84. The van der Waals surface area contributed by atoms with Gasteiger partial charge in [0.1, 0.15) is 0 Å². The normalized spacial score (nSPS) is 15.3. The van der Waals surface area contributed by atoms with Crippen molar-refractivity contribution in [3.63, 3.8) is 0 Å². The van der Waals surface area contributed by atoms with Crippen molar-refractivity contribution >= 4 is 34.8 Å². The van der Waals surface area contributed by atoms with Crippen molar-refractivity contribution in [1.29, 1.82) is 0 Å². The molecular formula is C16H21N3O2S. The van der Waals surface area contributed by atoms with Crippen molar-refractivity contribution < 1.29 is 9.59 Å². The summed E-state index contributed by atoms with van der Waals surface area (Å²) in [5.74, 6) is 0.553. The van der Waals surface area contributed by atoms with E-state index in [2.05, 4.69) is 17.6 Å². The molecule has 22 heavy (non-hydrogen) atoms. The SMILES string of the molecule is CC(=O)NC(=S)Nc1ccc(C(=O)N2CCC(C)CC2)cc1. The van der Waals surface area contributed by atoms with Crippen LogP contribution in [0.3, 0.4) is 0 Å². The molecule has 0 atom stereocenters. The van der Waals surface area contributed by atoms with Crippen LogP contribution in [0.4, 0.5) is 5.69 Å². The Balaban J connectivity index is 1.95. The summed E-state index contributed by atoms with van der Waals surface area (Å²) in [6, 6.07) is 7.13. The number of hydrogen-bond donors (Lipinski definition) is 2. The second kappa shape index (κ2) is 7.35. The highest BCUT2D eigenvalue weighted by molar-refractivity contribution is 7.80. The minimum atomic E-state index is -0.219. The van der Waals surface area contributed by atoms with Gasteiger partial charge in [-0.05, 0) is 55.2 Å². The van der Waals surface area contributed by atoms with Gasteiger partial charge in [0, 0.05) is 31.3 Å². The second-order valence-electron chi connectivity index (χ2n) is 5.69. The van der Waals surface area contributed by atoms with Crippen LogP contribution in [0.5, 0.6) is 0 Å². The highest BCUT2D eigenvalue weighted by atomic mass is 32.1. The lowest BCUT2D eigenvalue weighted by Gasteiger charge is -2.30. The third-order valence-electron chi connectivity index (χ3n) is 3.75. The molecule has 1 saturated heterocycles. The number of likely N-dealkylation sites (tertiary alicyclic amines) is 1. The molecule has 5 nitrogen and oxygen atoms in total. The van der Waals surface area contributed by atoms with Gasteiger partial charge in [0.25, 0.3) is 5.91 Å². The van der Waals surface area contributed by atoms with Crippen LogP contribution >= 0.6 is 12.2 Å². The second-order valence-corrected chi connectivity index (χ2v) is 6.10. The molecule has 0 spiro atoms. The van der Waals surface area contributed by atoms with Gasteiger partial charge in [0.2, 0.25) is 5.91 Å². The molecule has 1 fully saturated rings. The van der Waals surface area contributed by atoms with Gasteiger partial charge in [-0.25, -0.2) is 0 Å². The molecule has 6 heteroatoms. The van der Waals surface area contributed by atoms with E-state index >= 15 is 0 Å². The van der Waals surface area contributed by atoms with Crippen LogP contribution < -0.4 is 10.6 Å². The zero-order valence-corrected chi connectivity index (χ0v) is 13.7. The molecule has 2 N–H and O–H groups in total. The van der Waals surface area contributed by atoms with Gasteiger partial charge in [-0.3, -0.25) is 9.59 Å². The molecule has 0 unspecified atom stereocenters. The molecule has 1 heterocycles. The predicted molar refractivity (Wildman–Crippen MR) is 90.8 cm³/mol. The molecular weight excluding hydrogens is 298 g/mol. The van der Waals surface area contributed by atoms with Crippen LogP contribution in [0.2, 0.25) is 0 Å². The van der Waals surface area contributed by atoms with E-state index in [1.54, 1.807) is 24.3 Å². The van der Waals surface area contributed by atoms with Crippen LogP contribution in [0, 0.1) is 5.92 Å². The molecule has 2 rings (SSSR count). The van der Waals surface area contributed by atoms with Crippen molar-refractivity contribution in [2.24, 2.45) is 5.92 Å². The highest BCUT2D eigenvalue weighted by Crippen LogP contribution is 2.19. The number of thiocarbonyl (C=S) groups is 1. The van der Waals surface area contributed by atoms with E-state index in [1.807, 2.05) is 4.90 Å². The Morgan fingerprint density at radius 3 is 2.32 bits per heavy atom. The van der Waals surface area contributed by atoms with Crippen LogP contribution in [0.15, 0.2) is 24.3 Å². The number of carbonyl (C=O) groups excluding carboxylic acids is 2. The summed E-state index contributed by atoms with van der Waals surface area (Å²) in [6.45, 7) is 5.27. The highest BCUT2D eigenvalue weighted by Gasteiger charge is 2.21. The third kappa shape index (κ3) is 4.53. The van der Waals surface area contributed by atoms with Crippen LogP contribution in [0.25, 0.3) is 0 Å². The van der Waals surface area contributed by atoms with E-state index < -0.39 is 0 Å². The van der Waals surface area contributed by atoms with Crippen molar-refractivity contribution in [3.05, 3.63) is 29.8 Å². The average Bonchev–Trinajstić information content (AvgIpc) is 2.47. The van der Waals surface area contributed by atoms with Crippen molar-refractivity contribution in [3.8, 4) is 0 Å². The Kier molecular flexibility index (Phi) is 5.49. The van der Waals surface area contributed by atoms with Crippen molar-refractivity contribution in [1.82, 2.24) is 10.2 Å². The van der Waals surface area contributed by atoms with Crippen molar-refractivity contribution in [2.75, 3.05) is 18.4 Å². The summed E-state index contributed by atoms with van der Waals surface area (Å²) in [5.41, 5.74) is 1.41. The Bertz CT molecular complexity index is 563. The molecule has 1 aromatic rings. The van der Waals surface area contributed by atoms with Gasteiger partial charge in [-0.15, -0.1) is 0 Å². The number of amides is 2. The topological polar surface area (TPSA) is 61.4 Å². The number of benzene rings is 1. The largest absolute Gasteiger partial charge is 0.339 e. The molecule has 0 aliphatic carbocycles. The summed E-state index contributed by atoms with van der Waals surface area (Å²) in [5, 5.41) is 5.64. The maximum atomic E-state index is 12.4. The maximum Gasteiger partial charge on any atom is 0.253 e. The van der Waals surface area contributed by atoms with Gasteiger partial charge in [-0.2, -0.15) is 0 Å². The predicted octanol–water partition coefficient (Wildman–Crippen LogP) is 2.39. The van der Waals surface area contributed by atoms with E-state index in [0.29, 0.717) is 11.5 Å². The zero-order valence-electron chi connectivity index (χ0n) is 12.9. The Hall–Kier alpha value is -1.95. The molecule has 1 aliphatic heterocycles. The third-order valence-corrected chi connectivity index (χ3v) is 3.95. The van der Waals surface area contributed by atoms with Crippen LogP contribution in [-0.2, 0) is 4.79 Å². The number of piperidine rings is 1. The Morgan fingerprint density at radius 2 is 1.77 bits per heavy atom. The monoisotopic (exact) mass is 319 g/mol. The summed E-state index contributed by atoms with van der Waals surface area (Å²) in [6.07, 6.45) is 2.13. The molecule has 0 radical (unpaired) electrons. The fourth-order valence-electron chi connectivity index (χ4n) is 2.41. The first-order chi connectivity index (χ1) is 10.5. The van der Waals surface area contributed by atoms with E-state index in [1.165, 1.54) is 6.92 Å². The molecule has 1 aromatic carbocycles. The number of anilines is 1. The van der Waals surface area contributed by atoms with Crippen LogP contribution in [0.1, 0.15) is 37.0 Å². The Labute approximate surface area is 136 Å². The van der Waals surface area contributed by atoms with Crippen molar-refractivity contribution in [2.45, 2.75) is 26.7 Å². The average molecular weight is 319 g/mol. The lowest BCUT2D eigenvalue weighted by molar-refractivity contribution is -0.117. The number of nitrogens with one attached hydrogen (secondary N) is 2. The summed E-state index contributed by atoms with van der Waals surface area (Å²) >= 11 is 4.99. The van der Waals surface area contributed by atoms with Gasteiger partial charge in [0.15, 0.2) is 5.11 Å². The first kappa shape index (κ1) is 16.4. The van der Waals surface area contributed by atoms with E-state index in [0.717, 1.165) is 31.6 Å². The lowest BCUT2D eigenvalue weighted by atomic mass is 9.98. The van der Waals surface area contributed by atoms with E-state index in [-0.39, 0.29) is 16.9 Å². The summed E-state index contributed by atoms with van der Waals surface area (Å²) in [4.78, 5) is 25.2. The number of hydrogen-bond acceptors (Lipinski definition) is 3. The standard InChI is InChI=1S/C16H21N3O2S/c1-11-7-9-19(10-8-11)15(21)13-3-5-14(6-4-13)18-16(22)17-12(2)20/h3-6,11H,7-10H2,1-2H3,(H2,17,18,20,22). The number of rotatable bonds is 2. The minimum Gasteiger partial charge on any atom is -0.339 e. The van der Waals surface area contributed by atoms with Gasteiger partial charge in [0.05, 0.1) is 0 Å². The maximum absolute atomic E-state index is 12.4. The minimum absolute atomic E-state index is 0.0721. The Morgan fingerprint density at radius 1 is 1.18 bits per heavy atom. The van der Waals surface area contributed by atoms with Gasteiger partial charge < -0.3 is 15.5 Å². The van der Waals surface area contributed by atoms with Gasteiger partial charge >= 0.3 is 0 Å². The summed E-state index contributed by atoms with van der Waals surface area (Å²) in [7, 11) is 0. The molecule has 1 aliphatic rings. The number of carbonyl (C=O) groups is 2.